The molecular formula is C12H19N3O3. The van der Waals surface area contributed by atoms with E-state index in [4.69, 9.17) is 14.0 Å². The summed E-state index contributed by atoms with van der Waals surface area (Å²) in [6.07, 6.45) is 1.59. The highest BCUT2D eigenvalue weighted by molar-refractivity contribution is 5.07. The molecule has 3 heterocycles. The fourth-order valence-corrected chi connectivity index (χ4v) is 2.46. The molecule has 3 rings (SSSR count). The van der Waals surface area contributed by atoms with Gasteiger partial charge in [0.15, 0.2) is 0 Å². The van der Waals surface area contributed by atoms with E-state index in [2.05, 4.69) is 15.5 Å². The Balaban J connectivity index is 1.82. The lowest BCUT2D eigenvalue weighted by Gasteiger charge is -2.33. The lowest BCUT2D eigenvalue weighted by atomic mass is 9.93. The van der Waals surface area contributed by atoms with Crippen molar-refractivity contribution in [2.75, 3.05) is 32.9 Å². The smallest absolute Gasteiger partial charge is 0.232 e. The molecule has 0 bridgehead atoms. The van der Waals surface area contributed by atoms with Gasteiger partial charge in [-0.1, -0.05) is 5.16 Å². The summed E-state index contributed by atoms with van der Waals surface area (Å²) in [6.45, 7) is 5.87. The Kier molecular flexibility index (Phi) is 3.32. The van der Waals surface area contributed by atoms with E-state index >= 15 is 0 Å². The van der Waals surface area contributed by atoms with Crippen LogP contribution in [0, 0.1) is 0 Å². The lowest BCUT2D eigenvalue weighted by molar-refractivity contribution is -0.118. The summed E-state index contributed by atoms with van der Waals surface area (Å²) < 4.78 is 16.7. The van der Waals surface area contributed by atoms with Crippen LogP contribution in [0.4, 0.5) is 0 Å². The van der Waals surface area contributed by atoms with Crippen molar-refractivity contribution >= 4 is 0 Å². The summed E-state index contributed by atoms with van der Waals surface area (Å²) in [5.74, 6) is 1.79. The standard InChI is InChI=1S/C12H19N3O3/c1-2-17-12(3-5-16-6-4-12)11-14-10(18-15-11)9-7-13-8-9/h9,13H,2-8H2,1H3. The summed E-state index contributed by atoms with van der Waals surface area (Å²) in [7, 11) is 0. The second kappa shape index (κ2) is 4.95. The van der Waals surface area contributed by atoms with Crippen molar-refractivity contribution in [2.45, 2.75) is 31.3 Å². The average molecular weight is 253 g/mol. The highest BCUT2D eigenvalue weighted by Gasteiger charge is 2.40. The van der Waals surface area contributed by atoms with Gasteiger partial charge in [-0.25, -0.2) is 0 Å². The number of ether oxygens (including phenoxy) is 2. The molecule has 100 valence electrons. The van der Waals surface area contributed by atoms with E-state index in [1.54, 1.807) is 0 Å². The molecule has 0 unspecified atom stereocenters. The molecule has 1 N–H and O–H groups in total. The van der Waals surface area contributed by atoms with Crippen LogP contribution in [0.3, 0.4) is 0 Å². The van der Waals surface area contributed by atoms with Crippen LogP contribution in [-0.4, -0.2) is 43.1 Å². The molecule has 2 saturated heterocycles. The molecule has 18 heavy (non-hydrogen) atoms. The summed E-state index contributed by atoms with van der Waals surface area (Å²) in [5.41, 5.74) is -0.411. The molecule has 0 aliphatic carbocycles. The maximum atomic E-state index is 5.92. The number of hydrogen-bond donors (Lipinski definition) is 1. The Morgan fingerprint density at radius 3 is 2.78 bits per heavy atom. The first kappa shape index (κ1) is 12.1. The van der Waals surface area contributed by atoms with Gasteiger partial charge in [0.2, 0.25) is 11.7 Å². The Hall–Kier alpha value is -0.980. The van der Waals surface area contributed by atoms with Gasteiger partial charge in [0.1, 0.15) is 5.60 Å². The molecule has 1 aromatic heterocycles. The normalized spacial score (nSPS) is 23.8. The summed E-state index contributed by atoms with van der Waals surface area (Å²) in [4.78, 5) is 4.55. The van der Waals surface area contributed by atoms with Crippen molar-refractivity contribution < 1.29 is 14.0 Å². The molecule has 0 atom stereocenters. The van der Waals surface area contributed by atoms with Crippen LogP contribution in [0.25, 0.3) is 0 Å². The fourth-order valence-electron chi connectivity index (χ4n) is 2.46. The van der Waals surface area contributed by atoms with Crippen molar-refractivity contribution in [2.24, 2.45) is 0 Å². The van der Waals surface area contributed by atoms with Gasteiger partial charge in [-0.2, -0.15) is 4.98 Å². The quantitative estimate of drug-likeness (QED) is 0.856. The van der Waals surface area contributed by atoms with E-state index in [0.717, 1.165) is 31.8 Å². The van der Waals surface area contributed by atoms with Gasteiger partial charge < -0.3 is 19.3 Å². The minimum Gasteiger partial charge on any atom is -0.381 e. The Morgan fingerprint density at radius 1 is 1.39 bits per heavy atom. The van der Waals surface area contributed by atoms with E-state index in [1.165, 1.54) is 0 Å². The van der Waals surface area contributed by atoms with Gasteiger partial charge in [0.25, 0.3) is 0 Å². The minimum absolute atomic E-state index is 0.366. The first-order valence-corrected chi connectivity index (χ1v) is 6.60. The monoisotopic (exact) mass is 253 g/mol. The first-order valence-electron chi connectivity index (χ1n) is 6.60. The highest BCUT2D eigenvalue weighted by Crippen LogP contribution is 2.35. The van der Waals surface area contributed by atoms with Gasteiger partial charge in [-0.05, 0) is 6.92 Å². The number of nitrogens with one attached hydrogen (secondary N) is 1. The maximum Gasteiger partial charge on any atom is 0.232 e. The molecule has 6 heteroatoms. The van der Waals surface area contributed by atoms with Gasteiger partial charge in [0.05, 0.1) is 5.92 Å². The SMILES string of the molecule is CCOC1(c2noc(C3CNC3)n2)CCOCC1. The van der Waals surface area contributed by atoms with E-state index < -0.39 is 5.60 Å². The molecule has 0 amide bonds. The summed E-state index contributed by atoms with van der Waals surface area (Å²) in [5, 5.41) is 7.34. The third kappa shape index (κ3) is 2.04. The molecule has 0 spiro atoms. The van der Waals surface area contributed by atoms with Crippen molar-refractivity contribution in [3.8, 4) is 0 Å². The minimum atomic E-state index is -0.411. The second-order valence-electron chi connectivity index (χ2n) is 4.85. The number of hydrogen-bond acceptors (Lipinski definition) is 6. The maximum absolute atomic E-state index is 5.92. The van der Waals surface area contributed by atoms with Crippen LogP contribution >= 0.6 is 0 Å². The Bertz CT molecular complexity index is 392. The average Bonchev–Trinajstić information content (AvgIpc) is 2.78. The number of rotatable bonds is 4. The summed E-state index contributed by atoms with van der Waals surface area (Å²) in [6, 6.07) is 0. The molecule has 2 aliphatic heterocycles. The topological polar surface area (TPSA) is 69.4 Å². The Morgan fingerprint density at radius 2 is 2.17 bits per heavy atom. The predicted octanol–water partition coefficient (Wildman–Crippen LogP) is 0.799. The predicted molar refractivity (Wildman–Crippen MR) is 63.3 cm³/mol. The van der Waals surface area contributed by atoms with Crippen LogP contribution < -0.4 is 5.32 Å². The highest BCUT2D eigenvalue weighted by atomic mass is 16.5. The third-order valence-electron chi connectivity index (χ3n) is 3.70. The molecular weight excluding hydrogens is 234 g/mol. The number of aromatic nitrogens is 2. The zero-order chi connectivity index (χ0) is 12.4. The van der Waals surface area contributed by atoms with Crippen LogP contribution in [0.15, 0.2) is 4.52 Å². The van der Waals surface area contributed by atoms with Crippen molar-refractivity contribution in [3.05, 3.63) is 11.7 Å². The van der Waals surface area contributed by atoms with Gasteiger partial charge in [-0.3, -0.25) is 0 Å². The lowest BCUT2D eigenvalue weighted by Crippen LogP contribution is -2.40. The first-order chi connectivity index (χ1) is 8.84. The van der Waals surface area contributed by atoms with Gasteiger partial charge >= 0.3 is 0 Å². The molecule has 1 aromatic rings. The zero-order valence-corrected chi connectivity index (χ0v) is 10.6. The van der Waals surface area contributed by atoms with Crippen molar-refractivity contribution in [1.82, 2.24) is 15.5 Å². The Labute approximate surface area is 106 Å². The third-order valence-corrected chi connectivity index (χ3v) is 3.70. The fraction of sp³-hybridized carbons (Fsp3) is 0.833. The molecule has 0 aromatic carbocycles. The van der Waals surface area contributed by atoms with Crippen LogP contribution in [0.2, 0.25) is 0 Å². The summed E-state index contributed by atoms with van der Waals surface area (Å²) >= 11 is 0. The second-order valence-corrected chi connectivity index (χ2v) is 4.85. The molecule has 2 fully saturated rings. The van der Waals surface area contributed by atoms with E-state index in [1.807, 2.05) is 6.92 Å². The van der Waals surface area contributed by atoms with Crippen LogP contribution in [0.1, 0.15) is 37.4 Å². The van der Waals surface area contributed by atoms with Crippen LogP contribution in [-0.2, 0) is 15.1 Å². The van der Waals surface area contributed by atoms with Crippen molar-refractivity contribution in [1.29, 1.82) is 0 Å². The van der Waals surface area contributed by atoms with E-state index in [9.17, 15) is 0 Å². The molecule has 0 radical (unpaired) electrons. The van der Waals surface area contributed by atoms with Crippen LogP contribution in [0.5, 0.6) is 0 Å². The van der Waals surface area contributed by atoms with Gasteiger partial charge in [0, 0.05) is 45.8 Å². The zero-order valence-electron chi connectivity index (χ0n) is 10.6. The van der Waals surface area contributed by atoms with Gasteiger partial charge in [-0.15, -0.1) is 0 Å². The molecule has 0 saturated carbocycles. The van der Waals surface area contributed by atoms with E-state index in [-0.39, 0.29) is 0 Å². The number of nitrogens with zero attached hydrogens (tertiary/aromatic N) is 2. The largest absolute Gasteiger partial charge is 0.381 e. The molecule has 6 nitrogen and oxygen atoms in total. The molecule has 2 aliphatic rings. The van der Waals surface area contributed by atoms with Crippen molar-refractivity contribution in [3.63, 3.8) is 0 Å². The van der Waals surface area contributed by atoms with E-state index in [0.29, 0.717) is 31.6 Å².